The molecule has 1 aliphatic rings. The molecule has 2 atom stereocenters. The van der Waals surface area contributed by atoms with Crippen LogP contribution in [0.1, 0.15) is 55.6 Å². The first-order chi connectivity index (χ1) is 19.0. The van der Waals surface area contributed by atoms with Crippen LogP contribution in [0, 0.1) is 19.8 Å². The molecular weight excluding hydrogens is 530 g/mol. The number of nitrogens with zero attached hydrogens (tertiary/aromatic N) is 4. The summed E-state index contributed by atoms with van der Waals surface area (Å²) in [5.41, 5.74) is 7.82. The van der Waals surface area contributed by atoms with E-state index in [4.69, 9.17) is 10.5 Å². The predicted molar refractivity (Wildman–Crippen MR) is 151 cm³/mol. The molecule has 0 spiro atoms. The van der Waals surface area contributed by atoms with Crippen LogP contribution in [-0.2, 0) is 26.4 Å². The van der Waals surface area contributed by atoms with E-state index in [0.717, 1.165) is 28.3 Å². The Kier molecular flexibility index (Phi) is 8.85. The molecule has 0 saturated carbocycles. The Morgan fingerprint density at radius 2 is 1.88 bits per heavy atom. The number of benzene rings is 1. The molecule has 0 aliphatic carbocycles. The molecule has 3 N–H and O–H groups in total. The van der Waals surface area contributed by atoms with E-state index in [2.05, 4.69) is 9.97 Å². The van der Waals surface area contributed by atoms with Crippen LogP contribution in [-0.4, -0.2) is 50.4 Å². The number of rotatable bonds is 11. The fraction of sp³-hybridized carbons (Fsp3) is 0.414. The third-order valence-electron chi connectivity index (χ3n) is 7.09. The van der Waals surface area contributed by atoms with E-state index in [9.17, 15) is 19.6 Å². The van der Waals surface area contributed by atoms with Crippen molar-refractivity contribution >= 4 is 34.2 Å². The maximum atomic E-state index is 14.1. The van der Waals surface area contributed by atoms with Gasteiger partial charge in [0.25, 0.3) is 5.91 Å². The van der Waals surface area contributed by atoms with Crippen LogP contribution in [0.3, 0.4) is 0 Å². The largest absolute Gasteiger partial charge is 0.489 e. The van der Waals surface area contributed by atoms with Crippen molar-refractivity contribution in [1.29, 1.82) is 0 Å². The predicted octanol–water partition coefficient (Wildman–Crippen LogP) is 3.92. The molecule has 1 aromatic carbocycles. The summed E-state index contributed by atoms with van der Waals surface area (Å²) in [6, 6.07) is 10.2. The van der Waals surface area contributed by atoms with E-state index in [1.807, 2.05) is 39.8 Å². The van der Waals surface area contributed by atoms with Gasteiger partial charge in [-0.15, -0.1) is 11.3 Å². The van der Waals surface area contributed by atoms with Gasteiger partial charge < -0.3 is 15.4 Å². The van der Waals surface area contributed by atoms with Crippen molar-refractivity contribution in [1.82, 2.24) is 14.9 Å². The van der Waals surface area contributed by atoms with Crippen LogP contribution in [0.25, 0.3) is 0 Å². The number of likely N-dealkylation sites (tertiary alicyclic amines) is 1. The second-order valence-electron chi connectivity index (χ2n) is 10.6. The van der Waals surface area contributed by atoms with Crippen molar-refractivity contribution in [2.24, 2.45) is 11.7 Å². The molecule has 3 heterocycles. The Hall–Kier alpha value is -3.83. The minimum Gasteiger partial charge on any atom is -0.489 e. The number of anilines is 1. The molecule has 40 heavy (non-hydrogen) atoms. The average Bonchev–Trinajstić information content (AvgIpc) is 3.54. The van der Waals surface area contributed by atoms with Crippen LogP contribution in [0.15, 0.2) is 48.0 Å². The second kappa shape index (κ2) is 12.1. The van der Waals surface area contributed by atoms with Crippen molar-refractivity contribution < 1.29 is 24.3 Å². The fourth-order valence-corrected chi connectivity index (χ4v) is 5.84. The number of ether oxygens (including phenoxy) is 1. The summed E-state index contributed by atoms with van der Waals surface area (Å²) in [5.74, 6) is -0.895. The van der Waals surface area contributed by atoms with Crippen molar-refractivity contribution in [3.8, 4) is 5.75 Å². The van der Waals surface area contributed by atoms with Crippen molar-refractivity contribution in [3.63, 3.8) is 0 Å². The summed E-state index contributed by atoms with van der Waals surface area (Å²) in [6.45, 7) is 8.38. The van der Waals surface area contributed by atoms with Gasteiger partial charge in [-0.3, -0.25) is 24.6 Å². The first-order valence-corrected chi connectivity index (χ1v) is 14.1. The monoisotopic (exact) mass is 565 g/mol. The number of thiazole rings is 1. The maximum Gasteiger partial charge on any atom is 0.254 e. The third kappa shape index (κ3) is 6.31. The highest BCUT2D eigenvalue weighted by Crippen LogP contribution is 2.42. The summed E-state index contributed by atoms with van der Waals surface area (Å²) in [4.78, 5) is 49.5. The van der Waals surface area contributed by atoms with Crippen LogP contribution in [0.2, 0.25) is 0 Å². The van der Waals surface area contributed by atoms with E-state index >= 15 is 0 Å². The van der Waals surface area contributed by atoms with E-state index in [-0.39, 0.29) is 36.3 Å². The number of carbonyl (C=O) groups is 3. The van der Waals surface area contributed by atoms with E-state index in [0.29, 0.717) is 29.4 Å². The van der Waals surface area contributed by atoms with E-state index in [1.165, 1.54) is 11.1 Å². The lowest BCUT2D eigenvalue weighted by Gasteiger charge is -2.32. The number of hydroxylamine groups is 1. The summed E-state index contributed by atoms with van der Waals surface area (Å²) in [7, 11) is 0. The zero-order valence-electron chi connectivity index (χ0n) is 23.2. The van der Waals surface area contributed by atoms with Gasteiger partial charge in [0.15, 0.2) is 0 Å². The van der Waals surface area contributed by atoms with E-state index in [1.54, 1.807) is 29.6 Å². The van der Waals surface area contributed by atoms with Crippen molar-refractivity contribution in [2.45, 2.75) is 65.0 Å². The highest BCUT2D eigenvalue weighted by Gasteiger charge is 2.52. The molecule has 2 aromatic heterocycles. The lowest BCUT2D eigenvalue weighted by molar-refractivity contribution is -0.141. The SMILES string of the molecule is Cc1cc(COc2ccc(C3(CC(=O)N(O)c4nccs4)CCN(C(CC(C)C)C(N)=O)C3=O)cc2)cc(C)n1. The lowest BCUT2D eigenvalue weighted by atomic mass is 9.75. The van der Waals surface area contributed by atoms with Gasteiger partial charge in [-0.25, -0.2) is 4.98 Å². The highest BCUT2D eigenvalue weighted by atomic mass is 32.1. The van der Waals surface area contributed by atoms with Gasteiger partial charge in [-0.2, -0.15) is 5.06 Å². The standard InChI is InChI=1S/C29H35N5O5S/c1-18(2)13-24(26(30)36)33-11-9-29(27(33)37,16-25(35)34(38)28-31-10-12-40-28)22-5-7-23(8-6-22)39-17-21-14-19(3)32-20(4)15-21/h5-8,10,12,14-15,18,24,38H,9,11,13,16-17H2,1-4H3,(H2,30,36). The fourth-order valence-electron chi connectivity index (χ4n) is 5.27. The first kappa shape index (κ1) is 29.2. The van der Waals surface area contributed by atoms with Gasteiger partial charge >= 0.3 is 0 Å². The molecule has 3 aromatic rings. The van der Waals surface area contributed by atoms with Crippen molar-refractivity contribution in [2.75, 3.05) is 11.6 Å². The van der Waals surface area contributed by atoms with Gasteiger partial charge in [-0.05, 0) is 68.0 Å². The molecule has 0 radical (unpaired) electrons. The molecule has 0 bridgehead atoms. The number of aryl methyl sites for hydroxylation is 2. The summed E-state index contributed by atoms with van der Waals surface area (Å²) in [5, 5.41) is 12.8. The Labute approximate surface area is 237 Å². The Balaban J connectivity index is 1.62. The van der Waals surface area contributed by atoms with Crippen molar-refractivity contribution in [3.05, 3.63) is 70.5 Å². The second-order valence-corrected chi connectivity index (χ2v) is 11.5. The van der Waals surface area contributed by atoms with Gasteiger partial charge in [0.2, 0.25) is 16.9 Å². The Morgan fingerprint density at radius 3 is 2.45 bits per heavy atom. The number of nitrogens with two attached hydrogens (primary N) is 1. The van der Waals surface area contributed by atoms with E-state index < -0.39 is 23.3 Å². The van der Waals surface area contributed by atoms with Crippen LogP contribution in [0.4, 0.5) is 5.13 Å². The van der Waals surface area contributed by atoms with Gasteiger partial charge in [0.05, 0.1) is 5.41 Å². The number of aromatic nitrogens is 2. The molecule has 212 valence electrons. The van der Waals surface area contributed by atoms with Gasteiger partial charge in [0.1, 0.15) is 18.4 Å². The molecular formula is C29H35N5O5S. The summed E-state index contributed by atoms with van der Waals surface area (Å²) >= 11 is 1.10. The number of carbonyl (C=O) groups excluding carboxylic acids is 3. The molecule has 1 saturated heterocycles. The number of primary amides is 1. The van der Waals surface area contributed by atoms with Crippen LogP contribution in [0.5, 0.6) is 5.75 Å². The van der Waals surface area contributed by atoms with Gasteiger partial charge in [-0.1, -0.05) is 26.0 Å². The first-order valence-electron chi connectivity index (χ1n) is 13.2. The molecule has 1 aliphatic heterocycles. The minimum absolute atomic E-state index is 0.114. The lowest BCUT2D eigenvalue weighted by Crippen LogP contribution is -2.50. The summed E-state index contributed by atoms with van der Waals surface area (Å²) in [6.07, 6.45) is 1.87. The quantitative estimate of drug-likeness (QED) is 0.265. The van der Waals surface area contributed by atoms with Crippen LogP contribution >= 0.6 is 11.3 Å². The highest BCUT2D eigenvalue weighted by molar-refractivity contribution is 7.13. The topological polar surface area (TPSA) is 139 Å². The zero-order chi connectivity index (χ0) is 29.0. The Bertz CT molecular complexity index is 1340. The normalized spacial score (nSPS) is 17.8. The Morgan fingerprint density at radius 1 is 1.20 bits per heavy atom. The molecule has 10 nitrogen and oxygen atoms in total. The molecule has 3 amide bonds. The minimum atomic E-state index is -1.29. The number of amides is 3. The van der Waals surface area contributed by atoms with Gasteiger partial charge in [0, 0.05) is 35.9 Å². The number of hydrogen-bond acceptors (Lipinski definition) is 8. The maximum absolute atomic E-state index is 14.1. The molecule has 2 unspecified atom stereocenters. The third-order valence-corrected chi connectivity index (χ3v) is 7.84. The number of hydrogen-bond donors (Lipinski definition) is 2. The smallest absolute Gasteiger partial charge is 0.254 e. The zero-order valence-corrected chi connectivity index (χ0v) is 24.0. The average molecular weight is 566 g/mol. The molecule has 1 fully saturated rings. The molecule has 4 rings (SSSR count). The van der Waals surface area contributed by atoms with Crippen LogP contribution < -0.4 is 15.5 Å². The number of pyridine rings is 1. The summed E-state index contributed by atoms with van der Waals surface area (Å²) < 4.78 is 5.98. The molecule has 11 heteroatoms.